The Hall–Kier alpha value is -2.47. The fourth-order valence-corrected chi connectivity index (χ4v) is 1.80. The van der Waals surface area contributed by atoms with E-state index in [0.717, 1.165) is 0 Å². The number of aromatic nitrogens is 3. The normalized spacial score (nSPS) is 9.95. The van der Waals surface area contributed by atoms with Crippen molar-refractivity contribution in [1.29, 1.82) is 5.26 Å². The zero-order valence-electron chi connectivity index (χ0n) is 9.66. The fraction of sp³-hybridized carbons (Fsp3) is 0.100. The molecule has 0 spiro atoms. The van der Waals surface area contributed by atoms with Crippen LogP contribution in [0.4, 0.5) is 17.2 Å². The molecule has 0 aliphatic carbocycles. The van der Waals surface area contributed by atoms with Crippen molar-refractivity contribution in [3.05, 3.63) is 38.5 Å². The van der Waals surface area contributed by atoms with Gasteiger partial charge in [0.2, 0.25) is 5.69 Å². The number of hydrogen-bond donors (Lipinski definition) is 1. The van der Waals surface area contributed by atoms with Crippen molar-refractivity contribution < 1.29 is 4.92 Å². The van der Waals surface area contributed by atoms with Crippen molar-refractivity contribution in [1.82, 2.24) is 15.0 Å². The average Bonchev–Trinajstić information content (AvgIpc) is 2.71. The molecule has 96 valence electrons. The molecule has 2 rings (SSSR count). The van der Waals surface area contributed by atoms with E-state index < -0.39 is 4.92 Å². The van der Waals surface area contributed by atoms with Crippen LogP contribution in [0, 0.1) is 21.4 Å². The van der Waals surface area contributed by atoms with E-state index in [1.807, 2.05) is 6.07 Å². The molecule has 19 heavy (non-hydrogen) atoms. The van der Waals surface area contributed by atoms with Gasteiger partial charge in [0.15, 0.2) is 5.82 Å². The van der Waals surface area contributed by atoms with E-state index in [-0.39, 0.29) is 22.9 Å². The van der Waals surface area contributed by atoms with E-state index in [9.17, 15) is 10.1 Å². The summed E-state index contributed by atoms with van der Waals surface area (Å²) >= 11 is 3.17. The number of nitrogens with zero attached hydrogens (tertiary/aromatic N) is 5. The summed E-state index contributed by atoms with van der Waals surface area (Å²) in [5.41, 5.74) is 0.189. The van der Waals surface area contributed by atoms with E-state index in [1.165, 1.54) is 16.9 Å². The first kappa shape index (κ1) is 13.0. The van der Waals surface area contributed by atoms with Crippen molar-refractivity contribution in [2.45, 2.75) is 0 Å². The third kappa shape index (κ3) is 2.69. The van der Waals surface area contributed by atoms with E-state index in [0.29, 0.717) is 4.47 Å². The zero-order valence-corrected chi connectivity index (χ0v) is 11.2. The molecule has 0 atom stereocenters. The topological polar surface area (TPSA) is 110 Å². The first-order chi connectivity index (χ1) is 9.01. The largest absolute Gasteiger partial charge is 0.331 e. The van der Waals surface area contributed by atoms with Crippen molar-refractivity contribution in [2.24, 2.45) is 7.05 Å². The Bertz CT molecular complexity index is 690. The quantitative estimate of drug-likeness (QED) is 0.684. The number of nitrogens with one attached hydrogen (secondary N) is 1. The Morgan fingerprint density at radius 1 is 1.53 bits per heavy atom. The van der Waals surface area contributed by atoms with Gasteiger partial charge in [-0.25, -0.2) is 0 Å². The van der Waals surface area contributed by atoms with Crippen molar-refractivity contribution in [2.75, 3.05) is 5.32 Å². The Kier molecular flexibility index (Phi) is 3.43. The standard InChI is InChI=1S/C10H7BrN6O2/c1-16-14-8(5-12)10(15-16)13-7-3-2-6(11)4-9(7)17(18)19/h2-4H,1H3,(H,13,15). The van der Waals surface area contributed by atoms with Gasteiger partial charge >= 0.3 is 0 Å². The monoisotopic (exact) mass is 322 g/mol. The predicted octanol–water partition coefficient (Wildman–Crippen LogP) is 2.10. The molecule has 1 N–H and O–H groups in total. The highest BCUT2D eigenvalue weighted by Crippen LogP contribution is 2.30. The summed E-state index contributed by atoms with van der Waals surface area (Å²) in [6.07, 6.45) is 0. The van der Waals surface area contributed by atoms with Gasteiger partial charge in [-0.3, -0.25) is 10.1 Å². The fourth-order valence-electron chi connectivity index (χ4n) is 1.46. The first-order valence-electron chi connectivity index (χ1n) is 5.03. The van der Waals surface area contributed by atoms with Crippen molar-refractivity contribution in [3.63, 3.8) is 0 Å². The van der Waals surface area contributed by atoms with Crippen molar-refractivity contribution >= 4 is 33.1 Å². The molecule has 8 nitrogen and oxygen atoms in total. The molecule has 0 bridgehead atoms. The Balaban J connectivity index is 2.44. The summed E-state index contributed by atoms with van der Waals surface area (Å²) in [7, 11) is 1.56. The molecule has 1 heterocycles. The summed E-state index contributed by atoms with van der Waals surface area (Å²) in [5, 5.41) is 30.3. The Labute approximate surface area is 115 Å². The number of benzene rings is 1. The molecule has 0 fully saturated rings. The molecule has 0 amide bonds. The number of halogens is 1. The van der Waals surface area contributed by atoms with Gasteiger partial charge < -0.3 is 5.32 Å². The number of rotatable bonds is 3. The van der Waals surface area contributed by atoms with Crippen LogP contribution in [0.1, 0.15) is 5.69 Å². The second kappa shape index (κ2) is 5.03. The van der Waals surface area contributed by atoms with Gasteiger partial charge in [-0.2, -0.15) is 10.1 Å². The molecule has 2 aromatic rings. The zero-order chi connectivity index (χ0) is 14.0. The maximum atomic E-state index is 11.0. The van der Waals surface area contributed by atoms with E-state index in [1.54, 1.807) is 13.1 Å². The van der Waals surface area contributed by atoms with Crippen LogP contribution < -0.4 is 5.32 Å². The van der Waals surface area contributed by atoms with E-state index in [2.05, 4.69) is 31.4 Å². The smallest absolute Gasteiger partial charge is 0.293 e. The Morgan fingerprint density at radius 2 is 2.26 bits per heavy atom. The molecular formula is C10H7BrN6O2. The van der Waals surface area contributed by atoms with Gasteiger partial charge in [0.1, 0.15) is 11.8 Å². The molecule has 0 saturated heterocycles. The van der Waals surface area contributed by atoms with Gasteiger partial charge in [0, 0.05) is 17.6 Å². The van der Waals surface area contributed by atoms with Crippen LogP contribution in [-0.2, 0) is 7.05 Å². The highest BCUT2D eigenvalue weighted by Gasteiger charge is 2.17. The summed E-state index contributed by atoms with van der Waals surface area (Å²) in [4.78, 5) is 11.7. The molecule has 0 aliphatic heterocycles. The second-order valence-electron chi connectivity index (χ2n) is 3.54. The number of nitro groups is 1. The summed E-state index contributed by atoms with van der Waals surface area (Å²) < 4.78 is 0.587. The third-order valence-electron chi connectivity index (χ3n) is 2.23. The summed E-state index contributed by atoms with van der Waals surface area (Å²) in [5.74, 6) is 0.176. The second-order valence-corrected chi connectivity index (χ2v) is 4.46. The number of aryl methyl sites for hydroxylation is 1. The average molecular weight is 323 g/mol. The van der Waals surface area contributed by atoms with Crippen LogP contribution in [0.25, 0.3) is 0 Å². The summed E-state index contributed by atoms with van der Waals surface area (Å²) in [6.45, 7) is 0. The van der Waals surface area contributed by atoms with Crippen LogP contribution in [0.15, 0.2) is 22.7 Å². The van der Waals surface area contributed by atoms with Crippen LogP contribution in [0.2, 0.25) is 0 Å². The molecule has 0 radical (unpaired) electrons. The third-order valence-corrected chi connectivity index (χ3v) is 2.72. The minimum atomic E-state index is -0.518. The maximum absolute atomic E-state index is 11.0. The number of nitriles is 1. The van der Waals surface area contributed by atoms with Crippen molar-refractivity contribution in [3.8, 4) is 6.07 Å². The van der Waals surface area contributed by atoms with Crippen LogP contribution in [0.5, 0.6) is 0 Å². The van der Waals surface area contributed by atoms with Gasteiger partial charge in [-0.1, -0.05) is 15.9 Å². The molecule has 1 aromatic carbocycles. The SMILES string of the molecule is Cn1nc(C#N)c(Nc2ccc(Br)cc2[N+](=O)[O-])n1. The van der Waals surface area contributed by atoms with E-state index in [4.69, 9.17) is 5.26 Å². The Morgan fingerprint density at radius 3 is 2.89 bits per heavy atom. The predicted molar refractivity (Wildman–Crippen MR) is 69.8 cm³/mol. The highest BCUT2D eigenvalue weighted by molar-refractivity contribution is 9.10. The minimum Gasteiger partial charge on any atom is -0.331 e. The highest BCUT2D eigenvalue weighted by atomic mass is 79.9. The molecule has 1 aromatic heterocycles. The molecule has 0 aliphatic rings. The van der Waals surface area contributed by atoms with Gasteiger partial charge in [-0.15, -0.1) is 10.2 Å². The minimum absolute atomic E-state index is 0.0692. The molecular weight excluding hydrogens is 316 g/mol. The van der Waals surface area contributed by atoms with Gasteiger partial charge in [-0.05, 0) is 12.1 Å². The number of anilines is 2. The number of nitro benzene ring substituents is 1. The molecule has 9 heteroatoms. The van der Waals surface area contributed by atoms with Crippen LogP contribution in [-0.4, -0.2) is 19.9 Å². The van der Waals surface area contributed by atoms with Crippen LogP contribution >= 0.6 is 15.9 Å². The van der Waals surface area contributed by atoms with Gasteiger partial charge in [0.05, 0.1) is 4.92 Å². The lowest BCUT2D eigenvalue weighted by molar-refractivity contribution is -0.384. The van der Waals surface area contributed by atoms with Gasteiger partial charge in [0.25, 0.3) is 5.69 Å². The maximum Gasteiger partial charge on any atom is 0.293 e. The van der Waals surface area contributed by atoms with E-state index >= 15 is 0 Å². The number of hydrogen-bond acceptors (Lipinski definition) is 6. The molecule has 0 unspecified atom stereocenters. The lowest BCUT2D eigenvalue weighted by Crippen LogP contribution is -1.99. The lowest BCUT2D eigenvalue weighted by atomic mass is 10.2. The first-order valence-corrected chi connectivity index (χ1v) is 5.83. The summed E-state index contributed by atoms with van der Waals surface area (Å²) in [6, 6.07) is 6.40. The molecule has 0 saturated carbocycles. The lowest BCUT2D eigenvalue weighted by Gasteiger charge is -2.04. The van der Waals surface area contributed by atoms with Crippen LogP contribution in [0.3, 0.4) is 0 Å².